The Balaban J connectivity index is 1.49. The van der Waals surface area contributed by atoms with Gasteiger partial charge in [0.05, 0.1) is 17.1 Å². The molecule has 0 bridgehead atoms. The number of carbonyl (C=O) groups is 2. The molecule has 9 nitrogen and oxygen atoms in total. The van der Waals surface area contributed by atoms with Crippen molar-refractivity contribution in [3.63, 3.8) is 0 Å². The number of nitrogens with one attached hydrogen (secondary N) is 1. The van der Waals surface area contributed by atoms with Gasteiger partial charge in [-0.25, -0.2) is 4.39 Å². The van der Waals surface area contributed by atoms with E-state index in [1.54, 1.807) is 15.6 Å². The Morgan fingerprint density at radius 2 is 2.03 bits per heavy atom. The van der Waals surface area contributed by atoms with Crippen molar-refractivity contribution >= 4 is 39.2 Å². The van der Waals surface area contributed by atoms with Crippen LogP contribution in [0.5, 0.6) is 0 Å². The first-order chi connectivity index (χ1) is 14.8. The molecule has 2 aromatic heterocycles. The lowest BCUT2D eigenvalue weighted by Crippen LogP contribution is -2.44. The van der Waals surface area contributed by atoms with Gasteiger partial charge in [-0.1, -0.05) is 18.3 Å². The summed E-state index contributed by atoms with van der Waals surface area (Å²) in [5, 5.41) is 25.7. The number of benzene rings is 1. The zero-order valence-electron chi connectivity index (χ0n) is 17.3. The van der Waals surface area contributed by atoms with Crippen LogP contribution in [0.15, 0.2) is 18.3 Å². The minimum Gasteiger partial charge on any atom is -0.387 e. The standard InChI is InChI=1S/C20H23FN6O3S/c1-3-27-15-9-12(8-14(21)13(15)10-22-27)17(30)23-19-25-24-18(31-19)20(2)4-6-26(7-5-20)16(29)11-28/h8-10,28H,3-7,11H2,1-2H3,(H,23,25,30). The first-order valence-corrected chi connectivity index (χ1v) is 10.9. The molecular formula is C20H23FN6O3S. The monoisotopic (exact) mass is 446 g/mol. The third-order valence-electron chi connectivity index (χ3n) is 5.79. The van der Waals surface area contributed by atoms with Crippen molar-refractivity contribution in [2.45, 2.75) is 38.6 Å². The summed E-state index contributed by atoms with van der Waals surface area (Å²) in [7, 11) is 0. The van der Waals surface area contributed by atoms with E-state index in [-0.39, 0.29) is 16.9 Å². The molecule has 164 valence electrons. The number of carbonyl (C=O) groups excluding carboxylic acids is 2. The molecule has 1 fully saturated rings. The smallest absolute Gasteiger partial charge is 0.257 e. The van der Waals surface area contributed by atoms with E-state index < -0.39 is 18.3 Å². The average molecular weight is 447 g/mol. The van der Waals surface area contributed by atoms with Crippen LogP contribution < -0.4 is 5.32 Å². The molecule has 1 saturated heterocycles. The summed E-state index contributed by atoms with van der Waals surface area (Å²) in [6.07, 6.45) is 2.82. The number of fused-ring (bicyclic) bond motifs is 1. The molecule has 0 aliphatic carbocycles. The second-order valence-electron chi connectivity index (χ2n) is 7.82. The van der Waals surface area contributed by atoms with Crippen molar-refractivity contribution in [1.29, 1.82) is 0 Å². The highest BCUT2D eigenvalue weighted by Gasteiger charge is 2.36. The Bertz CT molecular complexity index is 1140. The average Bonchev–Trinajstić information content (AvgIpc) is 3.41. The molecule has 0 spiro atoms. The number of amides is 2. The summed E-state index contributed by atoms with van der Waals surface area (Å²) >= 11 is 1.28. The Kier molecular flexibility index (Phi) is 5.71. The van der Waals surface area contributed by atoms with E-state index in [4.69, 9.17) is 5.11 Å². The van der Waals surface area contributed by atoms with Crippen LogP contribution >= 0.6 is 11.3 Å². The molecule has 0 atom stereocenters. The molecule has 2 N–H and O–H groups in total. The Hall–Kier alpha value is -2.92. The molecule has 1 aliphatic heterocycles. The Morgan fingerprint density at radius 1 is 1.29 bits per heavy atom. The van der Waals surface area contributed by atoms with E-state index in [1.165, 1.54) is 23.6 Å². The van der Waals surface area contributed by atoms with Crippen LogP contribution in [0, 0.1) is 5.82 Å². The summed E-state index contributed by atoms with van der Waals surface area (Å²) in [5.41, 5.74) is 0.465. The van der Waals surface area contributed by atoms with Crippen LogP contribution in [0.25, 0.3) is 10.9 Å². The Morgan fingerprint density at radius 3 is 2.71 bits per heavy atom. The van der Waals surface area contributed by atoms with Gasteiger partial charge < -0.3 is 10.0 Å². The maximum atomic E-state index is 14.4. The van der Waals surface area contributed by atoms with Gasteiger partial charge in [0.25, 0.3) is 5.91 Å². The number of hydrogen-bond acceptors (Lipinski definition) is 7. The molecule has 1 aromatic carbocycles. The normalized spacial score (nSPS) is 15.9. The summed E-state index contributed by atoms with van der Waals surface area (Å²) in [6, 6.07) is 2.80. The van der Waals surface area contributed by atoms with Crippen molar-refractivity contribution in [3.05, 3.63) is 34.7 Å². The predicted molar refractivity (Wildman–Crippen MR) is 113 cm³/mol. The van der Waals surface area contributed by atoms with E-state index in [0.29, 0.717) is 48.5 Å². The van der Waals surface area contributed by atoms with E-state index >= 15 is 0 Å². The highest BCUT2D eigenvalue weighted by atomic mass is 32.1. The number of rotatable bonds is 5. The van der Waals surface area contributed by atoms with Gasteiger partial charge in [-0.3, -0.25) is 19.6 Å². The van der Waals surface area contributed by atoms with Gasteiger partial charge in [0.2, 0.25) is 11.0 Å². The number of likely N-dealkylation sites (tertiary alicyclic amines) is 1. The highest BCUT2D eigenvalue weighted by Crippen LogP contribution is 2.37. The molecule has 3 aromatic rings. The summed E-state index contributed by atoms with van der Waals surface area (Å²) < 4.78 is 16.0. The van der Waals surface area contributed by atoms with Crippen molar-refractivity contribution in [3.8, 4) is 0 Å². The van der Waals surface area contributed by atoms with Gasteiger partial charge in [0, 0.05) is 30.6 Å². The summed E-state index contributed by atoms with van der Waals surface area (Å²) in [5.74, 6) is -1.25. The van der Waals surface area contributed by atoms with E-state index in [1.807, 2.05) is 6.92 Å². The fraction of sp³-hybridized carbons (Fsp3) is 0.450. The van der Waals surface area contributed by atoms with Crippen LogP contribution in [-0.4, -0.2) is 61.5 Å². The van der Waals surface area contributed by atoms with Crippen molar-refractivity contribution in [2.75, 3.05) is 25.0 Å². The third-order valence-corrected chi connectivity index (χ3v) is 6.94. The maximum absolute atomic E-state index is 14.4. The maximum Gasteiger partial charge on any atom is 0.257 e. The number of aryl methyl sites for hydroxylation is 1. The molecule has 0 unspecified atom stereocenters. The quantitative estimate of drug-likeness (QED) is 0.621. The lowest BCUT2D eigenvalue weighted by atomic mass is 9.81. The van der Waals surface area contributed by atoms with Crippen LogP contribution in [-0.2, 0) is 16.8 Å². The SMILES string of the molecule is CCn1ncc2c(F)cc(C(=O)Nc3nnc(C4(C)CCN(C(=O)CO)CC4)s3)cc21. The summed E-state index contributed by atoms with van der Waals surface area (Å²) in [6.45, 7) is 5.08. The molecule has 1 aliphatic rings. The molecule has 11 heteroatoms. The van der Waals surface area contributed by atoms with Crippen LogP contribution in [0.1, 0.15) is 42.1 Å². The van der Waals surface area contributed by atoms with Gasteiger partial charge in [0.15, 0.2) is 0 Å². The van der Waals surface area contributed by atoms with E-state index in [0.717, 1.165) is 5.01 Å². The van der Waals surface area contributed by atoms with Crippen LogP contribution in [0.2, 0.25) is 0 Å². The summed E-state index contributed by atoms with van der Waals surface area (Å²) in [4.78, 5) is 26.0. The number of aliphatic hydroxyl groups is 1. The minimum atomic E-state index is -0.503. The van der Waals surface area contributed by atoms with E-state index in [9.17, 15) is 14.0 Å². The zero-order chi connectivity index (χ0) is 22.2. The number of nitrogens with zero attached hydrogens (tertiary/aromatic N) is 5. The second kappa shape index (κ2) is 8.31. The van der Waals surface area contributed by atoms with Gasteiger partial charge >= 0.3 is 0 Å². The molecular weight excluding hydrogens is 423 g/mol. The van der Waals surface area contributed by atoms with E-state index in [2.05, 4.69) is 27.5 Å². The Labute approximate surface area is 181 Å². The number of anilines is 1. The minimum absolute atomic E-state index is 0.180. The molecule has 3 heterocycles. The van der Waals surface area contributed by atoms with Gasteiger partial charge in [-0.05, 0) is 31.9 Å². The molecule has 0 radical (unpaired) electrons. The number of aromatic nitrogens is 4. The highest BCUT2D eigenvalue weighted by molar-refractivity contribution is 7.15. The topological polar surface area (TPSA) is 113 Å². The van der Waals surface area contributed by atoms with Crippen molar-refractivity contribution in [1.82, 2.24) is 24.9 Å². The molecule has 0 saturated carbocycles. The lowest BCUT2D eigenvalue weighted by molar-refractivity contribution is -0.135. The zero-order valence-corrected chi connectivity index (χ0v) is 18.1. The number of halogens is 1. The van der Waals surface area contributed by atoms with Crippen LogP contribution in [0.3, 0.4) is 0 Å². The molecule has 31 heavy (non-hydrogen) atoms. The largest absolute Gasteiger partial charge is 0.387 e. The fourth-order valence-corrected chi connectivity index (χ4v) is 4.71. The molecule has 4 rings (SSSR count). The lowest BCUT2D eigenvalue weighted by Gasteiger charge is -2.37. The third kappa shape index (κ3) is 4.02. The van der Waals surface area contributed by atoms with Gasteiger partial charge in [0.1, 0.15) is 17.4 Å². The van der Waals surface area contributed by atoms with Gasteiger partial charge in [-0.2, -0.15) is 5.10 Å². The second-order valence-corrected chi connectivity index (χ2v) is 8.79. The number of piperidine rings is 1. The van der Waals surface area contributed by atoms with Gasteiger partial charge in [-0.15, -0.1) is 10.2 Å². The van der Waals surface area contributed by atoms with Crippen molar-refractivity contribution in [2.24, 2.45) is 0 Å². The molecule has 2 amide bonds. The van der Waals surface area contributed by atoms with Crippen LogP contribution in [0.4, 0.5) is 9.52 Å². The number of hydrogen-bond donors (Lipinski definition) is 2. The number of aliphatic hydroxyl groups excluding tert-OH is 1. The first-order valence-electron chi connectivity index (χ1n) is 10.0. The first kappa shape index (κ1) is 21.3. The van der Waals surface area contributed by atoms with Crippen molar-refractivity contribution < 1.29 is 19.1 Å². The fourth-order valence-electron chi connectivity index (χ4n) is 3.77. The predicted octanol–water partition coefficient (Wildman–Crippen LogP) is 2.17.